The van der Waals surface area contributed by atoms with Crippen LogP contribution in [0.2, 0.25) is 0 Å². The molecule has 0 aliphatic heterocycles. The molecule has 0 bridgehead atoms. The predicted octanol–water partition coefficient (Wildman–Crippen LogP) is 3.83. The largest absolute Gasteiger partial charge is 0.450 e. The normalized spacial score (nSPS) is 11.3. The van der Waals surface area contributed by atoms with Crippen molar-refractivity contribution in [3.8, 4) is 0 Å². The maximum Gasteiger partial charge on any atom is 0.411 e. The number of carbonyl (C=O) groups is 2. The third kappa shape index (κ3) is 5.80. The number of carbonyl (C=O) groups excluding carboxylic acids is 2. The summed E-state index contributed by atoms with van der Waals surface area (Å²) in [6, 6.07) is 12.0. The molecule has 0 fully saturated rings. The van der Waals surface area contributed by atoms with Crippen LogP contribution in [0.3, 0.4) is 0 Å². The highest BCUT2D eigenvalue weighted by molar-refractivity contribution is 5.96. The summed E-state index contributed by atoms with van der Waals surface area (Å²) >= 11 is 0. The van der Waals surface area contributed by atoms with Crippen LogP contribution in [0, 0.1) is 5.82 Å². The Balaban J connectivity index is 1.90. The number of ether oxygens (including phenoxy) is 1. The molecule has 6 nitrogen and oxygen atoms in total. The third-order valence-corrected chi connectivity index (χ3v) is 3.28. The molecule has 2 aromatic carbocycles. The van der Waals surface area contributed by atoms with Gasteiger partial charge in [-0.25, -0.2) is 9.18 Å². The van der Waals surface area contributed by atoms with Crippen molar-refractivity contribution in [2.75, 3.05) is 22.6 Å². The molecule has 25 heavy (non-hydrogen) atoms. The highest BCUT2D eigenvalue weighted by Gasteiger charge is 2.13. The summed E-state index contributed by atoms with van der Waals surface area (Å²) in [5, 5.41) is 8.25. The molecule has 2 aromatic rings. The lowest BCUT2D eigenvalue weighted by Gasteiger charge is -2.16. The van der Waals surface area contributed by atoms with Crippen molar-refractivity contribution in [3.05, 3.63) is 54.3 Å². The molecule has 0 saturated heterocycles. The average molecular weight is 345 g/mol. The van der Waals surface area contributed by atoms with Crippen LogP contribution in [-0.2, 0) is 9.53 Å². The predicted molar refractivity (Wildman–Crippen MR) is 95.2 cm³/mol. The summed E-state index contributed by atoms with van der Waals surface area (Å²) in [5.41, 5.74) is 1.69. The third-order valence-electron chi connectivity index (χ3n) is 3.28. The Kier molecular flexibility index (Phi) is 6.33. The fourth-order valence-electron chi connectivity index (χ4n) is 2.07. The number of anilines is 3. The molecule has 1 unspecified atom stereocenters. The van der Waals surface area contributed by atoms with Crippen LogP contribution in [0.15, 0.2) is 48.5 Å². The molecule has 0 saturated carbocycles. The van der Waals surface area contributed by atoms with E-state index in [1.54, 1.807) is 44.2 Å². The number of hydrogen-bond donors (Lipinski definition) is 3. The summed E-state index contributed by atoms with van der Waals surface area (Å²) in [7, 11) is 0. The lowest BCUT2D eigenvalue weighted by atomic mass is 10.2. The molecular formula is C18H20FN3O3. The number of benzene rings is 2. The van der Waals surface area contributed by atoms with Crippen molar-refractivity contribution in [2.24, 2.45) is 0 Å². The molecule has 0 aromatic heterocycles. The van der Waals surface area contributed by atoms with Gasteiger partial charge in [0.15, 0.2) is 0 Å². The molecule has 132 valence electrons. The molecular weight excluding hydrogens is 325 g/mol. The Hall–Kier alpha value is -3.09. The zero-order valence-electron chi connectivity index (χ0n) is 14.0. The van der Waals surface area contributed by atoms with Crippen molar-refractivity contribution in [2.45, 2.75) is 19.9 Å². The van der Waals surface area contributed by atoms with E-state index in [-0.39, 0.29) is 5.91 Å². The van der Waals surface area contributed by atoms with E-state index >= 15 is 0 Å². The zero-order valence-corrected chi connectivity index (χ0v) is 14.0. The number of halogens is 1. The minimum atomic E-state index is -0.535. The van der Waals surface area contributed by atoms with E-state index in [2.05, 4.69) is 16.0 Å². The monoisotopic (exact) mass is 345 g/mol. The van der Waals surface area contributed by atoms with E-state index in [9.17, 15) is 14.0 Å². The van der Waals surface area contributed by atoms with Crippen molar-refractivity contribution in [1.29, 1.82) is 0 Å². The van der Waals surface area contributed by atoms with Gasteiger partial charge in [-0.1, -0.05) is 6.07 Å². The van der Waals surface area contributed by atoms with Gasteiger partial charge < -0.3 is 15.4 Å². The molecule has 7 heteroatoms. The first-order valence-electron chi connectivity index (χ1n) is 7.84. The summed E-state index contributed by atoms with van der Waals surface area (Å²) in [6.07, 6.45) is -0.522. The molecule has 2 rings (SSSR count). The van der Waals surface area contributed by atoms with Gasteiger partial charge in [0.25, 0.3) is 0 Å². The Morgan fingerprint density at radius 1 is 1.04 bits per heavy atom. The lowest BCUT2D eigenvalue weighted by Crippen LogP contribution is -2.31. The SMILES string of the molecule is CCOC(=O)Nc1ccc(NC(C)C(=O)Nc2cccc(F)c2)cc1. The summed E-state index contributed by atoms with van der Waals surface area (Å²) in [6.45, 7) is 3.71. The number of amides is 2. The average Bonchev–Trinajstić information content (AvgIpc) is 2.57. The maximum absolute atomic E-state index is 13.1. The molecule has 0 spiro atoms. The van der Waals surface area contributed by atoms with Gasteiger partial charge in [0.05, 0.1) is 6.61 Å². The first-order valence-corrected chi connectivity index (χ1v) is 7.84. The van der Waals surface area contributed by atoms with Gasteiger partial charge in [-0.2, -0.15) is 0 Å². The van der Waals surface area contributed by atoms with Crippen molar-refractivity contribution in [1.82, 2.24) is 0 Å². The highest BCUT2D eigenvalue weighted by Crippen LogP contribution is 2.15. The Bertz CT molecular complexity index is 735. The van der Waals surface area contributed by atoms with Crippen molar-refractivity contribution >= 4 is 29.1 Å². The van der Waals surface area contributed by atoms with E-state index in [1.165, 1.54) is 18.2 Å². The lowest BCUT2D eigenvalue weighted by molar-refractivity contribution is -0.116. The Morgan fingerprint density at radius 2 is 1.72 bits per heavy atom. The fraction of sp³-hybridized carbons (Fsp3) is 0.222. The Morgan fingerprint density at radius 3 is 2.36 bits per heavy atom. The molecule has 1 atom stereocenters. The summed E-state index contributed by atoms with van der Waals surface area (Å²) < 4.78 is 17.9. The minimum Gasteiger partial charge on any atom is -0.450 e. The molecule has 3 N–H and O–H groups in total. The van der Waals surface area contributed by atoms with Crippen LogP contribution in [0.4, 0.5) is 26.2 Å². The van der Waals surface area contributed by atoms with Gasteiger partial charge in [0, 0.05) is 17.1 Å². The number of nitrogens with one attached hydrogen (secondary N) is 3. The van der Waals surface area contributed by atoms with Crippen LogP contribution in [0.5, 0.6) is 0 Å². The first kappa shape index (κ1) is 18.3. The maximum atomic E-state index is 13.1. The smallest absolute Gasteiger partial charge is 0.411 e. The second kappa shape index (κ2) is 8.68. The molecule has 0 heterocycles. The Labute approximate surface area is 145 Å². The van der Waals surface area contributed by atoms with Crippen LogP contribution in [0.1, 0.15) is 13.8 Å². The topological polar surface area (TPSA) is 79.5 Å². The van der Waals surface area contributed by atoms with Gasteiger partial charge >= 0.3 is 6.09 Å². The molecule has 2 amide bonds. The van der Waals surface area contributed by atoms with Crippen molar-refractivity contribution < 1.29 is 18.7 Å². The van der Waals surface area contributed by atoms with Gasteiger partial charge in [-0.15, -0.1) is 0 Å². The summed E-state index contributed by atoms with van der Waals surface area (Å²) in [5.74, 6) is -0.706. The van der Waals surface area contributed by atoms with Crippen LogP contribution >= 0.6 is 0 Å². The first-order chi connectivity index (χ1) is 12.0. The molecule has 0 radical (unpaired) electrons. The highest BCUT2D eigenvalue weighted by atomic mass is 19.1. The van der Waals surface area contributed by atoms with Gasteiger partial charge in [-0.05, 0) is 56.3 Å². The van der Waals surface area contributed by atoms with Crippen LogP contribution in [-0.4, -0.2) is 24.6 Å². The summed E-state index contributed by atoms with van der Waals surface area (Å²) in [4.78, 5) is 23.5. The van der Waals surface area contributed by atoms with Gasteiger partial charge in [-0.3, -0.25) is 10.1 Å². The second-order valence-corrected chi connectivity index (χ2v) is 5.29. The van der Waals surface area contributed by atoms with E-state index in [1.807, 2.05) is 0 Å². The number of rotatable bonds is 6. The van der Waals surface area contributed by atoms with Crippen LogP contribution < -0.4 is 16.0 Å². The molecule has 0 aliphatic carbocycles. The van der Waals surface area contributed by atoms with E-state index < -0.39 is 18.0 Å². The standard InChI is InChI=1S/C18H20FN3O3/c1-3-25-18(24)22-15-9-7-14(8-10-15)20-12(2)17(23)21-16-6-4-5-13(19)11-16/h4-12,20H,3H2,1-2H3,(H,21,23)(H,22,24). The van der Waals surface area contributed by atoms with E-state index in [0.717, 1.165) is 0 Å². The van der Waals surface area contributed by atoms with Crippen molar-refractivity contribution in [3.63, 3.8) is 0 Å². The zero-order chi connectivity index (χ0) is 18.2. The molecule has 0 aliphatic rings. The number of hydrogen-bond acceptors (Lipinski definition) is 4. The van der Waals surface area contributed by atoms with E-state index in [0.29, 0.717) is 23.7 Å². The quantitative estimate of drug-likeness (QED) is 0.743. The second-order valence-electron chi connectivity index (χ2n) is 5.29. The minimum absolute atomic E-state index is 0.292. The van der Waals surface area contributed by atoms with Gasteiger partial charge in [0.2, 0.25) is 5.91 Å². The van der Waals surface area contributed by atoms with Crippen LogP contribution in [0.25, 0.3) is 0 Å². The van der Waals surface area contributed by atoms with Gasteiger partial charge in [0.1, 0.15) is 11.9 Å². The van der Waals surface area contributed by atoms with E-state index in [4.69, 9.17) is 4.74 Å². The fourth-order valence-corrected chi connectivity index (χ4v) is 2.07.